The highest BCUT2D eigenvalue weighted by molar-refractivity contribution is 7.27. The van der Waals surface area contributed by atoms with Crippen LogP contribution in [0.3, 0.4) is 0 Å². The number of benzene rings is 3. The SMILES string of the molecule is C=Nc1ccccc1C.CC1CCC(NC(=O)CC(N)O)CC1.CCN(C)CCN(CC)Cc1ccc(-c2cccc(N(C(C)=O)c3ncc(P)cc3C(C)=O)c2)cc1. The molecule has 318 valence electrons. The van der Waals surface area contributed by atoms with Crippen LogP contribution >= 0.6 is 9.24 Å². The zero-order valence-corrected chi connectivity index (χ0v) is 37.3. The lowest BCUT2D eigenvalue weighted by molar-refractivity contribution is -0.124. The number of rotatable bonds is 15. The Labute approximate surface area is 354 Å². The standard InChI is InChI=1S/C29H37N4O2P.C10H20N2O2.C8H9N/c1-6-31(5)15-16-32(7-2)20-23-11-13-24(14-12-23)25-9-8-10-26(17-25)33(22(4)35)29-28(21(3)34)18-27(36)19-30-29;1-7-2-4-8(5-3-7)12-10(14)6-9(11)13;1-7-5-3-4-6-8(7)9-2/h8-14,17-19H,6-7,15-16,20,36H2,1-5H3;7-9,13H,2-6,11H2,1H3,(H,12,14);3-6H,2H2,1H3. The van der Waals surface area contributed by atoms with Crippen LogP contribution in [0.25, 0.3) is 11.1 Å². The number of Topliss-reactive ketones (excluding diaryl/α,β-unsaturated/α-hetero) is 1. The van der Waals surface area contributed by atoms with E-state index in [4.69, 9.17) is 10.8 Å². The normalized spacial score (nSPS) is 15.3. The maximum atomic E-state index is 12.7. The molecule has 3 aromatic carbocycles. The fraction of sp³-hybridized carbons (Fsp3) is 0.426. The number of hydrogen-bond donors (Lipinski definition) is 3. The van der Waals surface area contributed by atoms with Crippen molar-refractivity contribution in [2.75, 3.05) is 38.1 Å². The van der Waals surface area contributed by atoms with E-state index in [2.05, 4.69) is 93.1 Å². The van der Waals surface area contributed by atoms with Gasteiger partial charge in [-0.2, -0.15) is 0 Å². The van der Waals surface area contributed by atoms with Gasteiger partial charge in [-0.1, -0.05) is 75.4 Å². The largest absolute Gasteiger partial charge is 0.378 e. The van der Waals surface area contributed by atoms with Gasteiger partial charge in [-0.05, 0) is 124 Å². The lowest BCUT2D eigenvalue weighted by Crippen LogP contribution is -2.40. The second-order valence-electron chi connectivity index (χ2n) is 15.3. The molecule has 1 aromatic heterocycles. The minimum absolute atomic E-state index is 0.00601. The van der Waals surface area contributed by atoms with Gasteiger partial charge in [0.2, 0.25) is 11.8 Å². The van der Waals surface area contributed by atoms with Crippen molar-refractivity contribution in [3.63, 3.8) is 0 Å². The first-order chi connectivity index (χ1) is 28.1. The third kappa shape index (κ3) is 16.5. The number of ketones is 1. The van der Waals surface area contributed by atoms with Crippen molar-refractivity contribution in [1.82, 2.24) is 20.1 Å². The number of nitrogens with one attached hydrogen (secondary N) is 1. The third-order valence-corrected chi connectivity index (χ3v) is 10.8. The van der Waals surface area contributed by atoms with E-state index in [-0.39, 0.29) is 30.1 Å². The molecule has 0 bridgehead atoms. The van der Waals surface area contributed by atoms with E-state index in [0.29, 0.717) is 17.1 Å². The van der Waals surface area contributed by atoms with E-state index in [1.54, 1.807) is 12.3 Å². The number of nitrogens with zero attached hydrogens (tertiary/aromatic N) is 5. The van der Waals surface area contributed by atoms with Gasteiger partial charge in [0.1, 0.15) is 6.23 Å². The molecule has 0 spiro atoms. The first kappa shape index (κ1) is 48.7. The van der Waals surface area contributed by atoms with Gasteiger partial charge in [0.05, 0.1) is 23.4 Å². The number of carbonyl (C=O) groups is 3. The molecule has 4 N–H and O–H groups in total. The van der Waals surface area contributed by atoms with Crippen LogP contribution in [0, 0.1) is 12.8 Å². The van der Waals surface area contributed by atoms with Gasteiger partial charge in [0, 0.05) is 38.8 Å². The number of amides is 2. The Morgan fingerprint density at radius 1 is 0.949 bits per heavy atom. The lowest BCUT2D eigenvalue weighted by Gasteiger charge is -2.27. The Morgan fingerprint density at radius 3 is 2.19 bits per heavy atom. The average Bonchev–Trinajstić information content (AvgIpc) is 3.21. The lowest BCUT2D eigenvalue weighted by atomic mass is 9.87. The van der Waals surface area contributed by atoms with E-state index in [9.17, 15) is 14.4 Å². The number of aliphatic hydroxyl groups excluding tert-OH is 1. The molecule has 0 saturated heterocycles. The molecule has 59 heavy (non-hydrogen) atoms. The molecule has 2 unspecified atom stereocenters. The topological polar surface area (TPSA) is 144 Å². The molecule has 2 amide bonds. The molecule has 1 aliphatic carbocycles. The zero-order chi connectivity index (χ0) is 43.5. The third-order valence-electron chi connectivity index (χ3n) is 10.4. The first-order valence-electron chi connectivity index (χ1n) is 20.6. The molecule has 0 radical (unpaired) electrons. The maximum absolute atomic E-state index is 12.7. The number of likely N-dealkylation sites (N-methyl/N-ethyl adjacent to an activating group) is 2. The van der Waals surface area contributed by atoms with Crippen molar-refractivity contribution in [3.05, 3.63) is 102 Å². The predicted octanol–water partition coefficient (Wildman–Crippen LogP) is 7.59. The monoisotopic (exact) mass is 823 g/mol. The molecular formula is C47H66N7O4P. The van der Waals surface area contributed by atoms with E-state index in [1.807, 2.05) is 55.5 Å². The van der Waals surface area contributed by atoms with Crippen molar-refractivity contribution >= 4 is 56.1 Å². The number of aliphatic imine (C=N–C) groups is 1. The van der Waals surface area contributed by atoms with Crippen molar-refractivity contribution in [2.45, 2.75) is 92.5 Å². The quantitative estimate of drug-likeness (QED) is 0.0482. The molecule has 0 aliphatic heterocycles. The smallest absolute Gasteiger partial charge is 0.229 e. The second-order valence-corrected chi connectivity index (χ2v) is 16.0. The number of aliphatic hydroxyl groups is 1. The maximum Gasteiger partial charge on any atom is 0.229 e. The van der Waals surface area contributed by atoms with Gasteiger partial charge in [0.25, 0.3) is 0 Å². The Hall–Kier alpha value is -4.64. The van der Waals surface area contributed by atoms with Gasteiger partial charge in [-0.3, -0.25) is 29.2 Å². The van der Waals surface area contributed by atoms with Crippen LogP contribution in [0.1, 0.15) is 88.2 Å². The Morgan fingerprint density at radius 2 is 1.63 bits per heavy atom. The molecule has 1 fully saturated rings. The summed E-state index contributed by atoms with van der Waals surface area (Å²) in [5.74, 6) is 0.648. The van der Waals surface area contributed by atoms with Crippen molar-refractivity contribution in [2.24, 2.45) is 16.6 Å². The second kappa shape index (κ2) is 25.1. The van der Waals surface area contributed by atoms with Crippen LogP contribution in [-0.4, -0.2) is 89.7 Å². The Balaban J connectivity index is 0.000000327. The number of nitrogens with two attached hydrogens (primary N) is 1. The summed E-state index contributed by atoms with van der Waals surface area (Å²) in [6.45, 7) is 20.1. The van der Waals surface area contributed by atoms with Crippen LogP contribution in [0.2, 0.25) is 0 Å². The summed E-state index contributed by atoms with van der Waals surface area (Å²) in [7, 11) is 4.70. The van der Waals surface area contributed by atoms with Crippen LogP contribution in [0.4, 0.5) is 17.2 Å². The van der Waals surface area contributed by atoms with Crippen molar-refractivity contribution in [3.8, 4) is 11.1 Å². The highest BCUT2D eigenvalue weighted by Gasteiger charge is 2.22. The molecule has 12 heteroatoms. The summed E-state index contributed by atoms with van der Waals surface area (Å²) in [6.07, 6.45) is 5.07. The van der Waals surface area contributed by atoms with E-state index in [0.717, 1.165) is 73.6 Å². The van der Waals surface area contributed by atoms with E-state index < -0.39 is 6.23 Å². The van der Waals surface area contributed by atoms with Gasteiger partial charge >= 0.3 is 0 Å². The van der Waals surface area contributed by atoms with Crippen LogP contribution in [-0.2, 0) is 16.1 Å². The molecule has 1 saturated carbocycles. The fourth-order valence-corrected chi connectivity index (χ4v) is 6.93. The highest BCUT2D eigenvalue weighted by atomic mass is 31.0. The summed E-state index contributed by atoms with van der Waals surface area (Å²) in [5.41, 5.74) is 11.7. The summed E-state index contributed by atoms with van der Waals surface area (Å²) in [6, 6.07) is 26.3. The highest BCUT2D eigenvalue weighted by Crippen LogP contribution is 2.31. The number of aromatic nitrogens is 1. The summed E-state index contributed by atoms with van der Waals surface area (Å²) < 4.78 is 0. The number of para-hydroxylation sites is 1. The van der Waals surface area contributed by atoms with Crippen LogP contribution in [0.5, 0.6) is 0 Å². The predicted molar refractivity (Wildman–Crippen MR) is 247 cm³/mol. The number of anilines is 2. The van der Waals surface area contributed by atoms with Crippen LogP contribution < -0.4 is 21.3 Å². The van der Waals surface area contributed by atoms with Crippen molar-refractivity contribution < 1.29 is 19.5 Å². The Bertz CT molecular complexity index is 1950. The van der Waals surface area contributed by atoms with Gasteiger partial charge in [-0.15, -0.1) is 9.24 Å². The van der Waals surface area contributed by atoms with E-state index in [1.165, 1.54) is 42.7 Å². The number of hydrogen-bond acceptors (Lipinski definition) is 9. The number of carbonyl (C=O) groups excluding carboxylic acids is 3. The summed E-state index contributed by atoms with van der Waals surface area (Å²) in [4.78, 5) is 50.8. The molecule has 4 aromatic rings. The minimum Gasteiger partial charge on any atom is -0.378 e. The molecule has 1 heterocycles. The average molecular weight is 824 g/mol. The van der Waals surface area contributed by atoms with Gasteiger partial charge < -0.3 is 21.1 Å². The number of aryl methyl sites for hydroxylation is 1. The van der Waals surface area contributed by atoms with Crippen LogP contribution in [0.15, 0.2) is 90.1 Å². The molecule has 5 rings (SSSR count). The van der Waals surface area contributed by atoms with E-state index >= 15 is 0 Å². The fourth-order valence-electron chi connectivity index (χ4n) is 6.69. The van der Waals surface area contributed by atoms with Gasteiger partial charge in [0.15, 0.2) is 11.6 Å². The van der Waals surface area contributed by atoms with Gasteiger partial charge in [-0.25, -0.2) is 4.98 Å². The molecule has 2 atom stereocenters. The molecular weight excluding hydrogens is 758 g/mol. The number of pyridine rings is 1. The summed E-state index contributed by atoms with van der Waals surface area (Å²) in [5, 5.41) is 12.5. The Kier molecular flexibility index (Phi) is 20.7. The first-order valence-corrected chi connectivity index (χ1v) is 21.2. The minimum atomic E-state index is -1.03. The van der Waals surface area contributed by atoms with Crippen molar-refractivity contribution in [1.29, 1.82) is 0 Å². The molecule has 11 nitrogen and oxygen atoms in total. The zero-order valence-electron chi connectivity index (χ0n) is 36.2. The molecule has 1 aliphatic rings. The summed E-state index contributed by atoms with van der Waals surface area (Å²) >= 11 is 0.